The number of rotatable bonds is 9. The number of carbonyl (C=O) groups is 3. The zero-order valence-electron chi connectivity index (χ0n) is 20.2. The Labute approximate surface area is 221 Å². The molecular formula is C25H25ClF2N6O4. The Bertz CT molecular complexity index is 1330. The summed E-state index contributed by atoms with van der Waals surface area (Å²) in [6, 6.07) is 9.53. The first-order chi connectivity index (χ1) is 18.3. The summed E-state index contributed by atoms with van der Waals surface area (Å²) in [7, 11) is 0. The fourth-order valence-electron chi connectivity index (χ4n) is 3.74. The Hall–Kier alpha value is -3.87. The van der Waals surface area contributed by atoms with Gasteiger partial charge in [-0.25, -0.2) is 8.78 Å². The Morgan fingerprint density at radius 2 is 1.76 bits per heavy atom. The number of amides is 3. The molecule has 1 aromatic heterocycles. The van der Waals surface area contributed by atoms with Crippen LogP contribution in [-0.4, -0.2) is 72.2 Å². The third-order valence-corrected chi connectivity index (χ3v) is 6.09. The Morgan fingerprint density at radius 3 is 2.55 bits per heavy atom. The number of aromatic nitrogens is 2. The summed E-state index contributed by atoms with van der Waals surface area (Å²) >= 11 is 5.81. The lowest BCUT2D eigenvalue weighted by atomic mass is 10.1. The second-order valence-corrected chi connectivity index (χ2v) is 8.87. The molecule has 10 nitrogen and oxygen atoms in total. The number of hydrogen-bond donors (Lipinski definition) is 4. The third-order valence-electron chi connectivity index (χ3n) is 5.78. The first-order valence-corrected chi connectivity index (χ1v) is 12.1. The number of nitrogens with zero attached hydrogens (tertiary/aromatic N) is 2. The Morgan fingerprint density at radius 1 is 1.00 bits per heavy atom. The summed E-state index contributed by atoms with van der Waals surface area (Å²) in [6.07, 6.45) is 0. The molecule has 38 heavy (non-hydrogen) atoms. The van der Waals surface area contributed by atoms with Crippen molar-refractivity contribution in [2.75, 3.05) is 44.7 Å². The van der Waals surface area contributed by atoms with Gasteiger partial charge >= 0.3 is 0 Å². The topological polar surface area (TPSA) is 128 Å². The molecule has 2 aromatic carbocycles. The molecule has 200 valence electrons. The number of benzene rings is 2. The normalized spacial score (nSPS) is 13.7. The molecule has 0 bridgehead atoms. The minimum atomic E-state index is -1.23. The van der Waals surface area contributed by atoms with E-state index in [1.807, 2.05) is 0 Å². The van der Waals surface area contributed by atoms with Gasteiger partial charge in [-0.05, 0) is 29.8 Å². The van der Waals surface area contributed by atoms with Crippen LogP contribution in [0.1, 0.15) is 36.8 Å². The number of H-pyrrole nitrogens is 1. The molecular weight excluding hydrogens is 522 g/mol. The van der Waals surface area contributed by atoms with Gasteiger partial charge in [0.05, 0.1) is 23.8 Å². The van der Waals surface area contributed by atoms with Gasteiger partial charge in [0, 0.05) is 44.4 Å². The fraction of sp³-hybridized carbons (Fsp3) is 0.280. The average Bonchev–Trinajstić information content (AvgIpc) is 3.38. The number of carbonyl (C=O) groups excluding carboxylic acids is 3. The second-order valence-electron chi connectivity index (χ2n) is 8.46. The van der Waals surface area contributed by atoms with Gasteiger partial charge in [0.1, 0.15) is 5.69 Å². The fourth-order valence-corrected chi connectivity index (χ4v) is 3.97. The molecule has 3 aromatic rings. The molecule has 1 fully saturated rings. The molecule has 0 unspecified atom stereocenters. The zero-order chi connectivity index (χ0) is 27.1. The van der Waals surface area contributed by atoms with Crippen molar-refractivity contribution in [3.63, 3.8) is 0 Å². The molecule has 0 spiro atoms. The SMILES string of the molecule is O=C(NCCN1CCOCC1)c1cccc(CNC(=O)c2cc(NC(=O)c3cc(F)c(F)cc3Cl)n[nH]2)c1. The van der Waals surface area contributed by atoms with Crippen LogP contribution >= 0.6 is 11.6 Å². The monoisotopic (exact) mass is 546 g/mol. The van der Waals surface area contributed by atoms with E-state index in [9.17, 15) is 23.2 Å². The highest BCUT2D eigenvalue weighted by molar-refractivity contribution is 6.34. The molecule has 4 rings (SSSR count). The first kappa shape index (κ1) is 27.2. The quantitative estimate of drug-likeness (QED) is 0.305. The van der Waals surface area contributed by atoms with Crippen LogP contribution in [-0.2, 0) is 11.3 Å². The number of ether oxygens (including phenoxy) is 1. The van der Waals surface area contributed by atoms with Gasteiger partial charge in [0.2, 0.25) is 0 Å². The van der Waals surface area contributed by atoms with E-state index in [1.165, 1.54) is 6.07 Å². The van der Waals surface area contributed by atoms with Crippen LogP contribution in [0.4, 0.5) is 14.6 Å². The second kappa shape index (κ2) is 12.6. The maximum atomic E-state index is 13.5. The van der Waals surface area contributed by atoms with Crippen molar-refractivity contribution in [2.24, 2.45) is 0 Å². The van der Waals surface area contributed by atoms with E-state index in [4.69, 9.17) is 16.3 Å². The Balaban J connectivity index is 1.27. The lowest BCUT2D eigenvalue weighted by Crippen LogP contribution is -2.41. The lowest BCUT2D eigenvalue weighted by Gasteiger charge is -2.26. The molecule has 4 N–H and O–H groups in total. The van der Waals surface area contributed by atoms with Crippen molar-refractivity contribution in [2.45, 2.75) is 6.54 Å². The molecule has 0 aliphatic carbocycles. The number of anilines is 1. The molecule has 0 radical (unpaired) electrons. The predicted molar refractivity (Wildman–Crippen MR) is 135 cm³/mol. The summed E-state index contributed by atoms with van der Waals surface area (Å²) in [5.74, 6) is -3.97. The first-order valence-electron chi connectivity index (χ1n) is 11.8. The van der Waals surface area contributed by atoms with Crippen molar-refractivity contribution in [1.82, 2.24) is 25.7 Å². The maximum Gasteiger partial charge on any atom is 0.269 e. The number of nitrogens with one attached hydrogen (secondary N) is 4. The number of halogens is 3. The van der Waals surface area contributed by atoms with Crippen LogP contribution < -0.4 is 16.0 Å². The van der Waals surface area contributed by atoms with Crippen molar-refractivity contribution in [3.8, 4) is 0 Å². The van der Waals surface area contributed by atoms with Gasteiger partial charge in [-0.3, -0.25) is 24.4 Å². The van der Waals surface area contributed by atoms with Crippen molar-refractivity contribution in [3.05, 3.63) is 81.5 Å². The molecule has 0 atom stereocenters. The van der Waals surface area contributed by atoms with Gasteiger partial charge < -0.3 is 20.7 Å². The van der Waals surface area contributed by atoms with E-state index in [-0.39, 0.29) is 34.5 Å². The van der Waals surface area contributed by atoms with Gasteiger partial charge in [-0.1, -0.05) is 23.7 Å². The van der Waals surface area contributed by atoms with Gasteiger partial charge in [0.15, 0.2) is 17.5 Å². The highest BCUT2D eigenvalue weighted by Gasteiger charge is 2.18. The van der Waals surface area contributed by atoms with Crippen LogP contribution in [0.15, 0.2) is 42.5 Å². The van der Waals surface area contributed by atoms with Crippen LogP contribution in [0, 0.1) is 11.6 Å². The molecule has 1 aliphatic rings. The molecule has 1 aliphatic heterocycles. The van der Waals surface area contributed by atoms with Gasteiger partial charge in [-0.2, -0.15) is 5.10 Å². The maximum absolute atomic E-state index is 13.5. The number of aromatic amines is 1. The summed E-state index contributed by atoms with van der Waals surface area (Å²) in [4.78, 5) is 39.6. The van der Waals surface area contributed by atoms with Crippen LogP contribution in [0.25, 0.3) is 0 Å². The van der Waals surface area contributed by atoms with E-state index in [2.05, 4.69) is 31.0 Å². The number of hydrogen-bond acceptors (Lipinski definition) is 6. The van der Waals surface area contributed by atoms with E-state index in [1.54, 1.807) is 24.3 Å². The Kier molecular flexibility index (Phi) is 9.00. The van der Waals surface area contributed by atoms with Crippen molar-refractivity contribution >= 4 is 35.1 Å². The highest BCUT2D eigenvalue weighted by atomic mass is 35.5. The summed E-state index contributed by atoms with van der Waals surface area (Å²) in [5.41, 5.74) is 0.944. The largest absolute Gasteiger partial charge is 0.379 e. The highest BCUT2D eigenvalue weighted by Crippen LogP contribution is 2.21. The minimum absolute atomic E-state index is 0.0169. The van der Waals surface area contributed by atoms with E-state index < -0.39 is 23.4 Å². The lowest BCUT2D eigenvalue weighted by molar-refractivity contribution is 0.0383. The molecule has 13 heteroatoms. The third kappa shape index (κ3) is 7.12. The van der Waals surface area contributed by atoms with E-state index in [0.29, 0.717) is 43.0 Å². The summed E-state index contributed by atoms with van der Waals surface area (Å²) in [6.45, 7) is 4.48. The van der Waals surface area contributed by atoms with Crippen molar-refractivity contribution in [1.29, 1.82) is 0 Å². The number of morpholine rings is 1. The molecule has 1 saturated heterocycles. The summed E-state index contributed by atoms with van der Waals surface area (Å²) < 4.78 is 32.0. The molecule has 2 heterocycles. The molecule has 0 saturated carbocycles. The van der Waals surface area contributed by atoms with Crippen molar-refractivity contribution < 1.29 is 27.9 Å². The van der Waals surface area contributed by atoms with Gasteiger partial charge in [0.25, 0.3) is 17.7 Å². The van der Waals surface area contributed by atoms with Gasteiger partial charge in [-0.15, -0.1) is 0 Å². The zero-order valence-corrected chi connectivity index (χ0v) is 20.9. The van der Waals surface area contributed by atoms with E-state index >= 15 is 0 Å². The van der Waals surface area contributed by atoms with E-state index in [0.717, 1.165) is 19.6 Å². The molecule has 3 amide bonds. The predicted octanol–water partition coefficient (Wildman–Crippen LogP) is 2.59. The van der Waals surface area contributed by atoms with Crippen LogP contribution in [0.3, 0.4) is 0 Å². The van der Waals surface area contributed by atoms with Crippen LogP contribution in [0.5, 0.6) is 0 Å². The van der Waals surface area contributed by atoms with Crippen LogP contribution in [0.2, 0.25) is 5.02 Å². The standard InChI is InChI=1S/C25H25ClF2N6O4/c26-18-12-20(28)19(27)11-17(18)24(36)31-22-13-21(32-33-22)25(37)30-14-15-2-1-3-16(10-15)23(35)29-4-5-34-6-8-38-9-7-34/h1-3,10-13H,4-9,14H2,(H,29,35)(H,30,37)(H2,31,32,33,36). The minimum Gasteiger partial charge on any atom is -0.379 e. The summed E-state index contributed by atoms with van der Waals surface area (Å²) in [5, 5.41) is 14.0. The average molecular weight is 547 g/mol. The smallest absolute Gasteiger partial charge is 0.269 e.